The molecule has 3 amide bonds. The number of amides is 3. The van der Waals surface area contributed by atoms with Gasteiger partial charge in [0.2, 0.25) is 0 Å². The molecule has 1 aliphatic heterocycles. The molecule has 27 heavy (non-hydrogen) atoms. The summed E-state index contributed by atoms with van der Waals surface area (Å²) in [5, 5.41) is 3.92. The van der Waals surface area contributed by atoms with Crippen molar-refractivity contribution in [2.24, 2.45) is 0 Å². The molecule has 0 spiro atoms. The van der Waals surface area contributed by atoms with Gasteiger partial charge in [-0.15, -0.1) is 11.8 Å². The number of nitrogens with zero attached hydrogens (tertiary/aromatic N) is 1. The normalized spacial score (nSPS) is 16.9. The van der Waals surface area contributed by atoms with Crippen molar-refractivity contribution in [2.45, 2.75) is 24.3 Å². The Balaban J connectivity index is 1.37. The van der Waals surface area contributed by atoms with Gasteiger partial charge in [0, 0.05) is 40.7 Å². The number of benzene rings is 2. The minimum atomic E-state index is -0.499. The molecule has 1 saturated heterocycles. The minimum absolute atomic E-state index is 0.144. The molecule has 2 N–H and O–H groups in total. The molecule has 1 fully saturated rings. The third kappa shape index (κ3) is 3.71. The highest BCUT2D eigenvalue weighted by Gasteiger charge is 2.37. The van der Waals surface area contributed by atoms with Crippen LogP contribution in [0.5, 0.6) is 0 Å². The van der Waals surface area contributed by atoms with E-state index in [1.54, 1.807) is 11.8 Å². The molecule has 0 unspecified atom stereocenters. The van der Waals surface area contributed by atoms with E-state index in [2.05, 4.69) is 41.5 Å². The number of nitrogens with one attached hydrogen (secondary N) is 2. The third-order valence-corrected chi connectivity index (χ3v) is 5.80. The van der Waals surface area contributed by atoms with Crippen LogP contribution in [-0.4, -0.2) is 40.2 Å². The summed E-state index contributed by atoms with van der Waals surface area (Å²) in [4.78, 5) is 30.6. The van der Waals surface area contributed by atoms with Gasteiger partial charge in [0.05, 0.1) is 0 Å². The van der Waals surface area contributed by atoms with E-state index < -0.39 is 6.04 Å². The highest BCUT2D eigenvalue weighted by atomic mass is 32.2. The Bertz CT molecular complexity index is 981. The van der Waals surface area contributed by atoms with Gasteiger partial charge in [0.15, 0.2) is 0 Å². The first-order valence-electron chi connectivity index (χ1n) is 8.98. The zero-order valence-electron chi connectivity index (χ0n) is 15.1. The second-order valence-corrected chi connectivity index (χ2v) is 7.89. The summed E-state index contributed by atoms with van der Waals surface area (Å²) in [5.41, 5.74) is 3.30. The lowest BCUT2D eigenvalue weighted by Crippen LogP contribution is -2.34. The van der Waals surface area contributed by atoms with Crippen LogP contribution in [0.15, 0.2) is 59.6 Å². The number of carbonyl (C=O) groups is 2. The number of para-hydroxylation sites is 1. The molecule has 3 aromatic rings. The van der Waals surface area contributed by atoms with Crippen molar-refractivity contribution < 1.29 is 9.59 Å². The molecule has 138 valence electrons. The molecule has 0 saturated carbocycles. The average Bonchev–Trinajstić information content (AvgIpc) is 3.19. The summed E-state index contributed by atoms with van der Waals surface area (Å²) in [6.45, 7) is 2.46. The zero-order valence-corrected chi connectivity index (χ0v) is 15.9. The molecular formula is C21H21N3O2S. The van der Waals surface area contributed by atoms with E-state index in [4.69, 9.17) is 0 Å². The summed E-state index contributed by atoms with van der Waals surface area (Å²) < 4.78 is 0. The van der Waals surface area contributed by atoms with E-state index in [0.29, 0.717) is 18.7 Å². The Hall–Kier alpha value is -2.73. The number of imide groups is 1. The number of urea groups is 1. The van der Waals surface area contributed by atoms with Crippen molar-refractivity contribution >= 4 is 34.6 Å². The van der Waals surface area contributed by atoms with Gasteiger partial charge in [-0.25, -0.2) is 4.79 Å². The van der Waals surface area contributed by atoms with Gasteiger partial charge in [-0.2, -0.15) is 0 Å². The molecule has 1 aromatic heterocycles. The molecule has 5 nitrogen and oxygen atoms in total. The monoisotopic (exact) mass is 379 g/mol. The summed E-state index contributed by atoms with van der Waals surface area (Å²) >= 11 is 1.65. The van der Waals surface area contributed by atoms with Crippen LogP contribution < -0.4 is 5.32 Å². The Morgan fingerprint density at radius 2 is 1.85 bits per heavy atom. The Morgan fingerprint density at radius 1 is 1.07 bits per heavy atom. The van der Waals surface area contributed by atoms with E-state index in [1.165, 1.54) is 10.5 Å². The predicted octanol–water partition coefficient (Wildman–Crippen LogP) is 3.73. The van der Waals surface area contributed by atoms with Crippen molar-refractivity contribution in [2.75, 3.05) is 12.3 Å². The van der Waals surface area contributed by atoms with Crippen molar-refractivity contribution in [1.29, 1.82) is 0 Å². The second kappa shape index (κ2) is 7.48. The van der Waals surface area contributed by atoms with Crippen molar-refractivity contribution in [1.82, 2.24) is 15.2 Å². The standard InChI is InChI=1S/C21H21N3O2S/c1-14-6-8-16(9-7-14)27-11-10-24-20(25)19(23-21(24)26)12-15-13-22-18-5-3-2-4-17(15)18/h2-9,13,19,22H,10-12H2,1H3,(H,23,26)/t19-/m0/s1. The zero-order chi connectivity index (χ0) is 18.8. The largest absolute Gasteiger partial charge is 0.361 e. The number of hydrogen-bond donors (Lipinski definition) is 2. The topological polar surface area (TPSA) is 65.2 Å². The fraction of sp³-hybridized carbons (Fsp3) is 0.238. The highest BCUT2D eigenvalue weighted by Crippen LogP contribution is 2.22. The Labute approximate surface area is 162 Å². The predicted molar refractivity (Wildman–Crippen MR) is 108 cm³/mol. The average molecular weight is 379 g/mol. The maximum atomic E-state index is 12.7. The summed E-state index contributed by atoms with van der Waals surface area (Å²) in [6.07, 6.45) is 2.41. The van der Waals surface area contributed by atoms with Crippen molar-refractivity contribution in [3.05, 3.63) is 65.9 Å². The van der Waals surface area contributed by atoms with E-state index in [1.807, 2.05) is 30.5 Å². The van der Waals surface area contributed by atoms with Crippen LogP contribution in [0.1, 0.15) is 11.1 Å². The van der Waals surface area contributed by atoms with E-state index in [-0.39, 0.29) is 11.9 Å². The lowest BCUT2D eigenvalue weighted by atomic mass is 10.1. The summed E-state index contributed by atoms with van der Waals surface area (Å²) in [7, 11) is 0. The Morgan fingerprint density at radius 3 is 2.67 bits per heavy atom. The quantitative estimate of drug-likeness (QED) is 0.507. The summed E-state index contributed by atoms with van der Waals surface area (Å²) in [6, 6.07) is 15.4. The molecule has 4 rings (SSSR count). The highest BCUT2D eigenvalue weighted by molar-refractivity contribution is 7.99. The van der Waals surface area contributed by atoms with Crippen LogP contribution in [0.2, 0.25) is 0 Å². The molecule has 0 bridgehead atoms. The van der Waals surface area contributed by atoms with Gasteiger partial charge in [-0.3, -0.25) is 9.69 Å². The number of aryl methyl sites for hydroxylation is 1. The van der Waals surface area contributed by atoms with Crippen molar-refractivity contribution in [3.8, 4) is 0 Å². The molecule has 2 aromatic carbocycles. The number of fused-ring (bicyclic) bond motifs is 1. The molecular weight excluding hydrogens is 358 g/mol. The first kappa shape index (κ1) is 17.7. The number of thioether (sulfide) groups is 1. The van der Waals surface area contributed by atoms with Crippen LogP contribution in [0, 0.1) is 6.92 Å². The van der Waals surface area contributed by atoms with E-state index in [0.717, 1.165) is 21.4 Å². The maximum absolute atomic E-state index is 12.7. The lowest BCUT2D eigenvalue weighted by molar-refractivity contribution is -0.127. The molecule has 6 heteroatoms. The fourth-order valence-electron chi connectivity index (χ4n) is 3.34. The summed E-state index contributed by atoms with van der Waals surface area (Å²) in [5.74, 6) is 0.539. The molecule has 0 aliphatic carbocycles. The van der Waals surface area contributed by atoms with Crippen molar-refractivity contribution in [3.63, 3.8) is 0 Å². The number of aromatic nitrogens is 1. The fourth-order valence-corrected chi connectivity index (χ4v) is 4.17. The van der Waals surface area contributed by atoms with Gasteiger partial charge in [0.1, 0.15) is 6.04 Å². The number of hydrogen-bond acceptors (Lipinski definition) is 3. The van der Waals surface area contributed by atoms with Crippen LogP contribution in [0.25, 0.3) is 10.9 Å². The number of rotatable bonds is 6. The van der Waals surface area contributed by atoms with Gasteiger partial charge in [-0.05, 0) is 30.7 Å². The molecule has 2 heterocycles. The smallest absolute Gasteiger partial charge is 0.324 e. The number of carbonyl (C=O) groups excluding carboxylic acids is 2. The SMILES string of the molecule is Cc1ccc(SCCN2C(=O)N[C@@H](Cc3c[nH]c4ccccc34)C2=O)cc1. The number of H-pyrrole nitrogens is 1. The van der Waals surface area contributed by atoms with Gasteiger partial charge < -0.3 is 10.3 Å². The third-order valence-electron chi connectivity index (χ3n) is 4.81. The molecule has 1 atom stereocenters. The van der Waals surface area contributed by atoms with Crippen LogP contribution in [0.4, 0.5) is 4.79 Å². The second-order valence-electron chi connectivity index (χ2n) is 6.72. The maximum Gasteiger partial charge on any atom is 0.324 e. The van der Waals surface area contributed by atoms with Gasteiger partial charge in [-0.1, -0.05) is 35.9 Å². The van der Waals surface area contributed by atoms with Crippen LogP contribution in [-0.2, 0) is 11.2 Å². The van der Waals surface area contributed by atoms with E-state index >= 15 is 0 Å². The van der Waals surface area contributed by atoms with Gasteiger partial charge in [0.25, 0.3) is 5.91 Å². The van der Waals surface area contributed by atoms with Crippen LogP contribution >= 0.6 is 11.8 Å². The molecule has 0 radical (unpaired) electrons. The first-order chi connectivity index (χ1) is 13.1. The van der Waals surface area contributed by atoms with E-state index in [9.17, 15) is 9.59 Å². The van der Waals surface area contributed by atoms with Gasteiger partial charge >= 0.3 is 6.03 Å². The lowest BCUT2D eigenvalue weighted by Gasteiger charge is -2.12. The first-order valence-corrected chi connectivity index (χ1v) is 9.97. The number of aromatic amines is 1. The minimum Gasteiger partial charge on any atom is -0.361 e. The van der Waals surface area contributed by atoms with Crippen LogP contribution in [0.3, 0.4) is 0 Å². The Kier molecular flexibility index (Phi) is 4.90. The molecule has 1 aliphatic rings.